The first-order valence-corrected chi connectivity index (χ1v) is 5.15. The standard InChI is InChI=1S/C13H11N3O/c1-17-13-9-16-8-12(11(13)2-5-14)10-3-6-15-7-4-10/h3-4,6-9H,2H2,1H3. The van der Waals surface area contributed by atoms with Gasteiger partial charge < -0.3 is 4.74 Å². The lowest BCUT2D eigenvalue weighted by molar-refractivity contribution is 0.409. The van der Waals surface area contributed by atoms with Crippen LogP contribution < -0.4 is 4.74 Å². The summed E-state index contributed by atoms with van der Waals surface area (Å²) in [6, 6.07) is 5.92. The summed E-state index contributed by atoms with van der Waals surface area (Å²) in [6.07, 6.45) is 7.08. The lowest BCUT2D eigenvalue weighted by Crippen LogP contribution is -1.96. The van der Waals surface area contributed by atoms with Crippen molar-refractivity contribution in [2.75, 3.05) is 7.11 Å². The molecule has 0 saturated heterocycles. The average Bonchev–Trinajstić information content (AvgIpc) is 2.40. The van der Waals surface area contributed by atoms with E-state index in [1.807, 2.05) is 12.1 Å². The molecule has 84 valence electrons. The van der Waals surface area contributed by atoms with Crippen LogP contribution in [0.4, 0.5) is 0 Å². The van der Waals surface area contributed by atoms with Crippen LogP contribution in [0, 0.1) is 11.3 Å². The van der Waals surface area contributed by atoms with Gasteiger partial charge in [0.1, 0.15) is 5.75 Å². The van der Waals surface area contributed by atoms with E-state index in [0.717, 1.165) is 16.7 Å². The highest BCUT2D eigenvalue weighted by molar-refractivity contribution is 5.68. The minimum Gasteiger partial charge on any atom is -0.495 e. The molecule has 4 heteroatoms. The second kappa shape index (κ2) is 5.08. The molecule has 17 heavy (non-hydrogen) atoms. The predicted molar refractivity (Wildman–Crippen MR) is 63.3 cm³/mol. The van der Waals surface area contributed by atoms with Gasteiger partial charge in [-0.25, -0.2) is 0 Å². The number of hydrogen-bond acceptors (Lipinski definition) is 4. The number of rotatable bonds is 3. The maximum absolute atomic E-state index is 8.87. The summed E-state index contributed by atoms with van der Waals surface area (Å²) in [5.74, 6) is 0.640. The van der Waals surface area contributed by atoms with Gasteiger partial charge in [-0.15, -0.1) is 0 Å². The maximum atomic E-state index is 8.87. The van der Waals surface area contributed by atoms with Gasteiger partial charge in [0.15, 0.2) is 0 Å². The van der Waals surface area contributed by atoms with E-state index < -0.39 is 0 Å². The van der Waals surface area contributed by atoms with E-state index in [0.29, 0.717) is 12.2 Å². The number of pyridine rings is 2. The minimum atomic E-state index is 0.295. The Morgan fingerprint density at radius 2 is 2.00 bits per heavy atom. The molecule has 0 bridgehead atoms. The quantitative estimate of drug-likeness (QED) is 0.803. The van der Waals surface area contributed by atoms with Crippen molar-refractivity contribution in [3.05, 3.63) is 42.5 Å². The maximum Gasteiger partial charge on any atom is 0.141 e. The van der Waals surface area contributed by atoms with Gasteiger partial charge in [0.05, 0.1) is 25.8 Å². The number of hydrogen-bond donors (Lipinski definition) is 0. The van der Waals surface area contributed by atoms with E-state index in [9.17, 15) is 0 Å². The third-order valence-corrected chi connectivity index (χ3v) is 2.49. The SMILES string of the molecule is COc1cncc(-c2ccncc2)c1CC#N. The van der Waals surface area contributed by atoms with Crippen LogP contribution in [0.15, 0.2) is 36.9 Å². The van der Waals surface area contributed by atoms with E-state index in [1.165, 1.54) is 0 Å². The number of nitriles is 1. The van der Waals surface area contributed by atoms with Gasteiger partial charge in [-0.3, -0.25) is 9.97 Å². The smallest absolute Gasteiger partial charge is 0.141 e. The fourth-order valence-corrected chi connectivity index (χ4v) is 1.69. The molecule has 2 heterocycles. The molecule has 0 atom stereocenters. The van der Waals surface area contributed by atoms with Gasteiger partial charge in [0, 0.05) is 29.7 Å². The molecule has 0 saturated carbocycles. The molecule has 4 nitrogen and oxygen atoms in total. The van der Waals surface area contributed by atoms with E-state index in [-0.39, 0.29) is 0 Å². The third kappa shape index (κ3) is 2.23. The fraction of sp³-hybridized carbons (Fsp3) is 0.154. The lowest BCUT2D eigenvalue weighted by Gasteiger charge is -2.10. The number of aromatic nitrogens is 2. The molecule has 0 radical (unpaired) electrons. The van der Waals surface area contributed by atoms with Crippen LogP contribution in [-0.4, -0.2) is 17.1 Å². The second-order valence-electron chi connectivity index (χ2n) is 3.44. The highest BCUT2D eigenvalue weighted by Crippen LogP contribution is 2.29. The summed E-state index contributed by atoms with van der Waals surface area (Å²) in [6.45, 7) is 0. The minimum absolute atomic E-state index is 0.295. The van der Waals surface area contributed by atoms with Crippen molar-refractivity contribution in [2.45, 2.75) is 6.42 Å². The van der Waals surface area contributed by atoms with Crippen molar-refractivity contribution in [1.29, 1.82) is 5.26 Å². The Bertz CT molecular complexity index is 546. The zero-order valence-corrected chi connectivity index (χ0v) is 9.42. The van der Waals surface area contributed by atoms with Gasteiger partial charge in [-0.2, -0.15) is 5.26 Å². The molecule has 0 N–H and O–H groups in total. The summed E-state index contributed by atoms with van der Waals surface area (Å²) >= 11 is 0. The first kappa shape index (κ1) is 11.1. The van der Waals surface area contributed by atoms with Crippen LogP contribution in [0.2, 0.25) is 0 Å². The molecule has 0 aliphatic carbocycles. The first-order chi connectivity index (χ1) is 8.36. The zero-order chi connectivity index (χ0) is 12.1. The summed E-state index contributed by atoms with van der Waals surface area (Å²) in [5.41, 5.74) is 2.75. The Labute approximate surface area is 99.5 Å². The van der Waals surface area contributed by atoms with E-state index >= 15 is 0 Å². The Morgan fingerprint density at radius 3 is 2.65 bits per heavy atom. The van der Waals surface area contributed by atoms with Crippen LogP contribution >= 0.6 is 0 Å². The third-order valence-electron chi connectivity index (χ3n) is 2.49. The van der Waals surface area contributed by atoms with Gasteiger partial charge in [-0.1, -0.05) is 0 Å². The molecule has 0 aliphatic rings. The largest absolute Gasteiger partial charge is 0.495 e. The van der Waals surface area contributed by atoms with E-state index in [1.54, 1.807) is 31.9 Å². The highest BCUT2D eigenvalue weighted by atomic mass is 16.5. The van der Waals surface area contributed by atoms with Crippen LogP contribution in [0.1, 0.15) is 5.56 Å². The second-order valence-corrected chi connectivity index (χ2v) is 3.44. The Hall–Kier alpha value is -2.41. The highest BCUT2D eigenvalue weighted by Gasteiger charge is 2.10. The van der Waals surface area contributed by atoms with Crippen LogP contribution in [0.25, 0.3) is 11.1 Å². The van der Waals surface area contributed by atoms with Gasteiger partial charge in [-0.05, 0) is 17.7 Å². The number of ether oxygens (including phenoxy) is 1. The van der Waals surface area contributed by atoms with Gasteiger partial charge >= 0.3 is 0 Å². The molecule has 2 rings (SSSR count). The first-order valence-electron chi connectivity index (χ1n) is 5.15. The van der Waals surface area contributed by atoms with Crippen LogP contribution in [-0.2, 0) is 6.42 Å². The summed E-state index contributed by atoms with van der Waals surface area (Å²) in [7, 11) is 1.58. The van der Waals surface area contributed by atoms with Gasteiger partial charge in [0.25, 0.3) is 0 Å². The van der Waals surface area contributed by atoms with Crippen LogP contribution in [0.5, 0.6) is 5.75 Å². The molecule has 2 aromatic rings. The summed E-state index contributed by atoms with van der Waals surface area (Å²) < 4.78 is 5.23. The predicted octanol–water partition coefficient (Wildman–Crippen LogP) is 2.22. The van der Waals surface area contributed by atoms with E-state index in [4.69, 9.17) is 10.00 Å². The van der Waals surface area contributed by atoms with Crippen molar-refractivity contribution in [2.24, 2.45) is 0 Å². The Kier molecular flexibility index (Phi) is 3.31. The molecular formula is C13H11N3O. The normalized spacial score (nSPS) is 9.65. The van der Waals surface area contributed by atoms with Crippen molar-refractivity contribution < 1.29 is 4.74 Å². The Morgan fingerprint density at radius 1 is 1.24 bits per heavy atom. The summed E-state index contributed by atoms with van der Waals surface area (Å²) in [5, 5.41) is 8.87. The molecular weight excluding hydrogens is 214 g/mol. The molecule has 0 spiro atoms. The van der Waals surface area contributed by atoms with Crippen molar-refractivity contribution in [3.8, 4) is 22.9 Å². The lowest BCUT2D eigenvalue weighted by atomic mass is 10.0. The fourth-order valence-electron chi connectivity index (χ4n) is 1.69. The van der Waals surface area contributed by atoms with Crippen molar-refractivity contribution >= 4 is 0 Å². The van der Waals surface area contributed by atoms with E-state index in [2.05, 4.69) is 16.0 Å². The zero-order valence-electron chi connectivity index (χ0n) is 9.42. The Balaban J connectivity index is 2.58. The van der Waals surface area contributed by atoms with Gasteiger partial charge in [0.2, 0.25) is 0 Å². The topological polar surface area (TPSA) is 58.8 Å². The molecule has 0 amide bonds. The van der Waals surface area contributed by atoms with Crippen molar-refractivity contribution in [3.63, 3.8) is 0 Å². The van der Waals surface area contributed by atoms with Crippen molar-refractivity contribution in [1.82, 2.24) is 9.97 Å². The molecule has 0 fully saturated rings. The molecule has 0 aromatic carbocycles. The molecule has 0 unspecified atom stereocenters. The molecule has 2 aromatic heterocycles. The molecule has 0 aliphatic heterocycles. The summed E-state index contributed by atoms with van der Waals surface area (Å²) in [4.78, 5) is 8.09. The number of nitrogens with zero attached hydrogens (tertiary/aromatic N) is 3. The monoisotopic (exact) mass is 225 g/mol. The average molecular weight is 225 g/mol. The number of methoxy groups -OCH3 is 1. The van der Waals surface area contributed by atoms with Crippen LogP contribution in [0.3, 0.4) is 0 Å².